The molecular formula is C19H19N3O5. The monoisotopic (exact) mass is 369 g/mol. The quantitative estimate of drug-likeness (QED) is 0.859. The molecule has 3 heterocycles. The fraction of sp³-hybridized carbons (Fsp3) is 0.368. The number of likely N-dealkylation sites (tertiary alicyclic amines) is 1. The molecular weight excluding hydrogens is 350 g/mol. The highest BCUT2D eigenvalue weighted by atomic mass is 16.5. The van der Waals surface area contributed by atoms with Gasteiger partial charge in [-0.05, 0) is 24.6 Å². The van der Waals surface area contributed by atoms with Crippen molar-refractivity contribution in [2.24, 2.45) is 11.3 Å². The molecule has 8 nitrogen and oxygen atoms in total. The Labute approximate surface area is 155 Å². The van der Waals surface area contributed by atoms with E-state index in [-0.39, 0.29) is 29.6 Å². The third-order valence-electron chi connectivity index (χ3n) is 5.44. The van der Waals surface area contributed by atoms with E-state index in [1.54, 1.807) is 24.3 Å². The van der Waals surface area contributed by atoms with Gasteiger partial charge in [-0.15, -0.1) is 0 Å². The van der Waals surface area contributed by atoms with Crippen LogP contribution >= 0.6 is 0 Å². The van der Waals surface area contributed by atoms with Crippen LogP contribution in [0.1, 0.15) is 16.9 Å². The lowest BCUT2D eigenvalue weighted by atomic mass is 9.74. The van der Waals surface area contributed by atoms with Crippen molar-refractivity contribution in [1.29, 1.82) is 0 Å². The number of carbonyl (C=O) groups is 2. The molecule has 27 heavy (non-hydrogen) atoms. The predicted molar refractivity (Wildman–Crippen MR) is 94.7 cm³/mol. The van der Waals surface area contributed by atoms with E-state index < -0.39 is 11.4 Å². The summed E-state index contributed by atoms with van der Waals surface area (Å²) in [5.41, 5.74) is -0.647. The first-order valence-electron chi connectivity index (χ1n) is 8.77. The Balaban J connectivity index is 1.64. The molecule has 0 bridgehead atoms. The van der Waals surface area contributed by atoms with Crippen molar-refractivity contribution in [2.45, 2.75) is 6.42 Å². The average molecular weight is 369 g/mol. The van der Waals surface area contributed by atoms with Crippen LogP contribution in [0.4, 0.5) is 0 Å². The molecule has 2 aliphatic heterocycles. The molecule has 0 spiro atoms. The van der Waals surface area contributed by atoms with E-state index >= 15 is 0 Å². The van der Waals surface area contributed by atoms with Crippen molar-refractivity contribution in [3.8, 4) is 5.69 Å². The molecule has 8 heteroatoms. The SMILES string of the molecule is O=C(c1ccc(=O)n(-c2ccccc2)n1)N1C[C@H]2COCC[C@@]2(C(=O)O)C1. The number of ether oxygens (including phenoxy) is 1. The van der Waals surface area contributed by atoms with E-state index in [9.17, 15) is 19.5 Å². The third kappa shape index (κ3) is 2.91. The van der Waals surface area contributed by atoms with E-state index in [1.165, 1.54) is 21.7 Å². The van der Waals surface area contributed by atoms with Gasteiger partial charge in [-0.25, -0.2) is 0 Å². The fourth-order valence-corrected chi connectivity index (χ4v) is 3.90. The number of aromatic nitrogens is 2. The first-order valence-corrected chi connectivity index (χ1v) is 8.77. The number of para-hydroxylation sites is 1. The standard InChI is InChI=1S/C19H19N3O5/c23-16-7-6-15(20-22(16)14-4-2-1-3-5-14)17(24)21-10-13-11-27-9-8-19(13,12-21)18(25)26/h1-7,13H,8-12H2,(H,25,26)/t13-,19+/m0/s1. The lowest BCUT2D eigenvalue weighted by Crippen LogP contribution is -2.45. The number of hydrogen-bond donors (Lipinski definition) is 1. The van der Waals surface area contributed by atoms with Crippen LogP contribution in [0.3, 0.4) is 0 Å². The van der Waals surface area contributed by atoms with Crippen molar-refractivity contribution in [1.82, 2.24) is 14.7 Å². The maximum Gasteiger partial charge on any atom is 0.311 e. The fourth-order valence-electron chi connectivity index (χ4n) is 3.90. The molecule has 0 aliphatic carbocycles. The van der Waals surface area contributed by atoms with Gasteiger partial charge in [0, 0.05) is 31.7 Å². The van der Waals surface area contributed by atoms with Crippen LogP contribution in [0.15, 0.2) is 47.3 Å². The number of benzene rings is 1. The first-order chi connectivity index (χ1) is 13.0. The summed E-state index contributed by atoms with van der Waals surface area (Å²) in [6, 6.07) is 11.5. The van der Waals surface area contributed by atoms with Gasteiger partial charge >= 0.3 is 5.97 Å². The second-order valence-electron chi connectivity index (χ2n) is 6.97. The summed E-state index contributed by atoms with van der Waals surface area (Å²) >= 11 is 0. The second kappa shape index (κ2) is 6.62. The number of nitrogens with zero attached hydrogens (tertiary/aromatic N) is 3. The molecule has 0 unspecified atom stereocenters. The van der Waals surface area contributed by atoms with Gasteiger partial charge in [0.15, 0.2) is 0 Å². The molecule has 1 aromatic carbocycles. The number of fused-ring (bicyclic) bond motifs is 1. The van der Waals surface area contributed by atoms with Gasteiger partial charge in [-0.1, -0.05) is 18.2 Å². The van der Waals surface area contributed by atoms with Crippen molar-refractivity contribution in [2.75, 3.05) is 26.3 Å². The van der Waals surface area contributed by atoms with E-state index in [1.807, 2.05) is 6.07 Å². The second-order valence-corrected chi connectivity index (χ2v) is 6.97. The Morgan fingerprint density at radius 3 is 2.67 bits per heavy atom. The first kappa shape index (κ1) is 17.4. The largest absolute Gasteiger partial charge is 0.481 e. The van der Waals surface area contributed by atoms with Gasteiger partial charge in [0.25, 0.3) is 11.5 Å². The smallest absolute Gasteiger partial charge is 0.311 e. The van der Waals surface area contributed by atoms with Crippen molar-refractivity contribution in [3.05, 3.63) is 58.5 Å². The van der Waals surface area contributed by atoms with Gasteiger partial charge < -0.3 is 14.7 Å². The molecule has 2 aliphatic rings. The molecule has 0 saturated carbocycles. The lowest BCUT2D eigenvalue weighted by molar-refractivity contribution is -0.157. The predicted octanol–water partition coefficient (Wildman–Crippen LogP) is 0.796. The zero-order chi connectivity index (χ0) is 19.0. The zero-order valence-corrected chi connectivity index (χ0v) is 14.6. The third-order valence-corrected chi connectivity index (χ3v) is 5.44. The molecule has 2 aromatic rings. The summed E-state index contributed by atoms with van der Waals surface area (Å²) in [6.45, 7) is 1.13. The molecule has 1 aromatic heterocycles. The maximum absolute atomic E-state index is 13.0. The summed E-state index contributed by atoms with van der Waals surface area (Å²) in [4.78, 5) is 38.5. The highest BCUT2D eigenvalue weighted by Crippen LogP contribution is 2.42. The number of hydrogen-bond acceptors (Lipinski definition) is 5. The van der Waals surface area contributed by atoms with Gasteiger partial charge in [-0.3, -0.25) is 14.4 Å². The number of rotatable bonds is 3. The van der Waals surface area contributed by atoms with Crippen LogP contribution in [0, 0.1) is 11.3 Å². The van der Waals surface area contributed by atoms with Crippen molar-refractivity contribution < 1.29 is 19.4 Å². The number of amides is 1. The Morgan fingerprint density at radius 1 is 1.19 bits per heavy atom. The summed E-state index contributed by atoms with van der Waals surface area (Å²) in [7, 11) is 0. The number of carbonyl (C=O) groups excluding carboxylic acids is 1. The number of aliphatic carboxylic acids is 1. The van der Waals surface area contributed by atoms with Gasteiger partial charge in [0.1, 0.15) is 5.69 Å². The Morgan fingerprint density at radius 2 is 1.96 bits per heavy atom. The Kier molecular flexibility index (Phi) is 4.27. The van der Waals surface area contributed by atoms with Crippen LogP contribution < -0.4 is 5.56 Å². The van der Waals surface area contributed by atoms with Crippen LogP contribution in [-0.4, -0.2) is 58.0 Å². The minimum atomic E-state index is -0.970. The highest BCUT2D eigenvalue weighted by molar-refractivity contribution is 5.93. The van der Waals surface area contributed by atoms with E-state index in [0.717, 1.165) is 0 Å². The summed E-state index contributed by atoms with van der Waals surface area (Å²) in [6.07, 6.45) is 0.383. The van der Waals surface area contributed by atoms with Crippen LogP contribution in [0.2, 0.25) is 0 Å². The molecule has 0 radical (unpaired) electrons. The van der Waals surface area contributed by atoms with E-state index in [4.69, 9.17) is 4.74 Å². The minimum absolute atomic E-state index is 0.110. The average Bonchev–Trinajstić information content (AvgIpc) is 3.10. The topological polar surface area (TPSA) is 102 Å². The van der Waals surface area contributed by atoms with Gasteiger partial charge in [0.2, 0.25) is 0 Å². The Hall–Kier alpha value is -3.00. The van der Waals surface area contributed by atoms with Crippen LogP contribution in [0.25, 0.3) is 5.69 Å². The molecule has 2 atom stereocenters. The minimum Gasteiger partial charge on any atom is -0.481 e. The summed E-state index contributed by atoms with van der Waals surface area (Å²) < 4.78 is 6.60. The number of carboxylic acid groups (broad SMARTS) is 1. The van der Waals surface area contributed by atoms with Crippen LogP contribution in [0.5, 0.6) is 0 Å². The molecule has 1 N–H and O–H groups in total. The highest BCUT2D eigenvalue weighted by Gasteiger charge is 2.55. The summed E-state index contributed by atoms with van der Waals surface area (Å²) in [5, 5.41) is 14.0. The molecule has 2 fully saturated rings. The molecule has 2 saturated heterocycles. The molecule has 4 rings (SSSR count). The van der Waals surface area contributed by atoms with Gasteiger partial charge in [-0.2, -0.15) is 9.78 Å². The lowest BCUT2D eigenvalue weighted by Gasteiger charge is -2.33. The van der Waals surface area contributed by atoms with E-state index in [0.29, 0.717) is 31.9 Å². The van der Waals surface area contributed by atoms with Crippen molar-refractivity contribution >= 4 is 11.9 Å². The summed E-state index contributed by atoms with van der Waals surface area (Å²) in [5.74, 6) is -1.52. The molecule has 140 valence electrons. The zero-order valence-electron chi connectivity index (χ0n) is 14.6. The number of carboxylic acids is 1. The van der Waals surface area contributed by atoms with Gasteiger partial charge in [0.05, 0.1) is 17.7 Å². The maximum atomic E-state index is 13.0. The van der Waals surface area contributed by atoms with Crippen molar-refractivity contribution in [3.63, 3.8) is 0 Å². The normalized spacial score (nSPS) is 24.4. The van der Waals surface area contributed by atoms with Crippen LogP contribution in [-0.2, 0) is 9.53 Å². The van der Waals surface area contributed by atoms with E-state index in [2.05, 4.69) is 5.10 Å². The Bertz CT molecular complexity index is 942. The molecule has 1 amide bonds.